The average molecular weight is 561 g/mol. The number of amides is 1. The number of hydrogen-bond donors (Lipinski definition) is 2. The summed E-state index contributed by atoms with van der Waals surface area (Å²) in [6.07, 6.45) is -0.522. The summed E-state index contributed by atoms with van der Waals surface area (Å²) in [7, 11) is 0. The number of nitrogens with zero attached hydrogens (tertiary/aromatic N) is 3. The predicted octanol–water partition coefficient (Wildman–Crippen LogP) is 4.86. The van der Waals surface area contributed by atoms with Crippen molar-refractivity contribution < 1.29 is 18.0 Å². The first-order valence-electron chi connectivity index (χ1n) is 12.4. The summed E-state index contributed by atoms with van der Waals surface area (Å²) in [5.41, 5.74) is 1.64. The third kappa shape index (κ3) is 5.79. The summed E-state index contributed by atoms with van der Waals surface area (Å²) >= 11 is 6.20. The third-order valence-electron chi connectivity index (χ3n) is 6.89. The maximum Gasteiger partial charge on any atom is 0.416 e. The molecule has 1 N–H and O–H groups in total. The molecular weight excluding hydrogens is 533 g/mol. The molecule has 0 atom stereocenters. The monoisotopic (exact) mass is 560 g/mol. The van der Waals surface area contributed by atoms with Gasteiger partial charge >= 0.3 is 6.18 Å². The number of alkyl halides is 3. The Morgan fingerprint density at radius 1 is 1.13 bits per heavy atom. The molecule has 11 heteroatoms. The fraction of sp³-hybridized carbons (Fsp3) is 0.370. The zero-order valence-electron chi connectivity index (χ0n) is 20.5. The van der Waals surface area contributed by atoms with Crippen LogP contribution >= 0.6 is 24.4 Å². The number of carbonyl (C=O) groups excluding carboxylic acids is 1. The molecule has 0 saturated heterocycles. The Labute approximate surface area is 228 Å². The Hall–Kier alpha value is -2.76. The molecule has 6 nitrogen and oxygen atoms in total. The van der Waals surface area contributed by atoms with Gasteiger partial charge in [-0.3, -0.25) is 14.2 Å². The minimum Gasteiger partial charge on any atom is -0.337 e. The van der Waals surface area contributed by atoms with Crippen molar-refractivity contribution in [3.63, 3.8) is 0 Å². The molecule has 0 bridgehead atoms. The SMILES string of the molecule is O=C(CNCc1ccc(C(F)(F)F)cc1)N1CCc2nc(SC3CCC3)n(-c3ccccc3S)c(=O)c2C1. The number of hydrogen-bond acceptors (Lipinski definition) is 6. The predicted molar refractivity (Wildman–Crippen MR) is 143 cm³/mol. The second kappa shape index (κ2) is 11.2. The lowest BCUT2D eigenvalue weighted by Gasteiger charge is -2.30. The van der Waals surface area contributed by atoms with Gasteiger partial charge in [0.15, 0.2) is 5.16 Å². The van der Waals surface area contributed by atoms with Gasteiger partial charge in [-0.1, -0.05) is 42.4 Å². The Balaban J connectivity index is 1.30. The molecule has 0 spiro atoms. The molecule has 5 rings (SSSR count). The van der Waals surface area contributed by atoms with E-state index in [9.17, 15) is 22.8 Å². The normalized spacial score (nSPS) is 15.7. The van der Waals surface area contributed by atoms with E-state index in [1.54, 1.807) is 21.2 Å². The van der Waals surface area contributed by atoms with Gasteiger partial charge in [-0.15, -0.1) is 12.6 Å². The van der Waals surface area contributed by atoms with Crippen LogP contribution in [0.15, 0.2) is 63.4 Å². The Morgan fingerprint density at radius 2 is 1.87 bits per heavy atom. The number of thioether (sulfide) groups is 1. The van der Waals surface area contributed by atoms with Gasteiger partial charge in [-0.2, -0.15) is 13.2 Å². The fourth-order valence-electron chi connectivity index (χ4n) is 4.49. The second-order valence-corrected chi connectivity index (χ2v) is 11.2. The van der Waals surface area contributed by atoms with Crippen LogP contribution in [0.1, 0.15) is 41.6 Å². The van der Waals surface area contributed by atoms with Crippen molar-refractivity contribution >= 4 is 30.3 Å². The highest BCUT2D eigenvalue weighted by atomic mass is 32.2. The van der Waals surface area contributed by atoms with Gasteiger partial charge in [0.2, 0.25) is 5.91 Å². The van der Waals surface area contributed by atoms with E-state index < -0.39 is 11.7 Å². The Kier molecular flexibility index (Phi) is 7.88. The number of para-hydroxylation sites is 1. The van der Waals surface area contributed by atoms with Crippen LogP contribution in [0.5, 0.6) is 0 Å². The highest BCUT2D eigenvalue weighted by Crippen LogP contribution is 2.37. The first kappa shape index (κ1) is 26.8. The van der Waals surface area contributed by atoms with Crippen LogP contribution in [0.4, 0.5) is 13.2 Å². The molecule has 38 heavy (non-hydrogen) atoms. The van der Waals surface area contributed by atoms with Crippen LogP contribution in [-0.2, 0) is 30.5 Å². The molecule has 2 aromatic carbocycles. The molecule has 1 fully saturated rings. The molecule has 0 unspecified atom stereocenters. The van der Waals surface area contributed by atoms with Crippen LogP contribution in [-0.4, -0.2) is 38.7 Å². The van der Waals surface area contributed by atoms with E-state index in [0.29, 0.717) is 45.1 Å². The molecule has 2 heterocycles. The molecule has 200 valence electrons. The Morgan fingerprint density at radius 3 is 2.53 bits per heavy atom. The zero-order valence-corrected chi connectivity index (χ0v) is 22.2. The number of thiol groups is 1. The first-order valence-corrected chi connectivity index (χ1v) is 13.8. The molecule has 3 aromatic rings. The van der Waals surface area contributed by atoms with E-state index in [4.69, 9.17) is 4.98 Å². The van der Waals surface area contributed by atoms with E-state index in [-0.39, 0.29) is 31.1 Å². The van der Waals surface area contributed by atoms with Crippen molar-refractivity contribution in [3.05, 3.63) is 81.3 Å². The lowest BCUT2D eigenvalue weighted by molar-refractivity contribution is -0.137. The summed E-state index contributed by atoms with van der Waals surface area (Å²) in [5.74, 6) is -0.184. The number of benzene rings is 2. The van der Waals surface area contributed by atoms with Crippen molar-refractivity contribution in [2.24, 2.45) is 0 Å². The average Bonchev–Trinajstić information content (AvgIpc) is 2.86. The molecule has 1 saturated carbocycles. The van der Waals surface area contributed by atoms with Gasteiger partial charge in [0, 0.05) is 29.7 Å². The zero-order chi connectivity index (χ0) is 26.9. The molecule has 1 aliphatic heterocycles. The van der Waals surface area contributed by atoms with E-state index in [1.165, 1.54) is 18.6 Å². The van der Waals surface area contributed by atoms with Crippen molar-refractivity contribution in [1.82, 2.24) is 19.8 Å². The van der Waals surface area contributed by atoms with E-state index >= 15 is 0 Å². The molecule has 1 aliphatic carbocycles. The fourth-order valence-corrected chi connectivity index (χ4v) is 6.06. The minimum atomic E-state index is -4.38. The second-order valence-electron chi connectivity index (χ2n) is 9.48. The minimum absolute atomic E-state index is 0.00701. The summed E-state index contributed by atoms with van der Waals surface area (Å²) in [6.45, 7) is 0.863. The standard InChI is InChI=1S/C27H27F3N4O2S2/c28-27(29,30)18-10-8-17(9-11-18)14-31-15-24(35)33-13-12-21-20(16-33)25(36)34(22-6-1-2-7-23(22)37)26(32-21)38-19-4-3-5-19/h1-2,6-11,19,31,37H,3-5,12-16H2. The van der Waals surface area contributed by atoms with Gasteiger partial charge in [0.05, 0.1) is 35.6 Å². The maximum absolute atomic E-state index is 13.8. The number of aromatic nitrogens is 2. The van der Waals surface area contributed by atoms with Crippen molar-refractivity contribution in [1.29, 1.82) is 0 Å². The van der Waals surface area contributed by atoms with Crippen LogP contribution < -0.4 is 10.9 Å². The number of rotatable bonds is 7. The molecule has 0 radical (unpaired) electrons. The third-order valence-corrected chi connectivity index (χ3v) is 8.55. The Bertz CT molecular complexity index is 1390. The molecule has 1 amide bonds. The number of fused-ring (bicyclic) bond motifs is 1. The van der Waals surface area contributed by atoms with Gasteiger partial charge in [-0.05, 0) is 42.7 Å². The van der Waals surface area contributed by atoms with Crippen LogP contribution in [0.2, 0.25) is 0 Å². The highest BCUT2D eigenvalue weighted by Gasteiger charge is 2.30. The van der Waals surface area contributed by atoms with Gasteiger partial charge < -0.3 is 10.2 Å². The molecular formula is C27H27F3N4O2S2. The summed E-state index contributed by atoms with van der Waals surface area (Å²) < 4.78 is 39.9. The lowest BCUT2D eigenvalue weighted by atomic mass is 10.0. The maximum atomic E-state index is 13.8. The largest absolute Gasteiger partial charge is 0.416 e. The van der Waals surface area contributed by atoms with Gasteiger partial charge in [0.25, 0.3) is 5.56 Å². The highest BCUT2D eigenvalue weighted by molar-refractivity contribution is 7.99. The van der Waals surface area contributed by atoms with Crippen molar-refractivity contribution in [2.45, 2.75) is 60.3 Å². The number of carbonyl (C=O) groups is 1. The van der Waals surface area contributed by atoms with Crippen LogP contribution in [0.25, 0.3) is 5.69 Å². The van der Waals surface area contributed by atoms with E-state index in [2.05, 4.69) is 17.9 Å². The first-order chi connectivity index (χ1) is 18.2. The van der Waals surface area contributed by atoms with E-state index in [1.807, 2.05) is 24.3 Å². The number of halogens is 3. The summed E-state index contributed by atoms with van der Waals surface area (Å²) in [6, 6.07) is 12.2. The van der Waals surface area contributed by atoms with Gasteiger partial charge in [0.1, 0.15) is 0 Å². The number of nitrogens with one attached hydrogen (secondary N) is 1. The smallest absolute Gasteiger partial charge is 0.337 e. The van der Waals surface area contributed by atoms with Gasteiger partial charge in [-0.25, -0.2) is 4.98 Å². The topological polar surface area (TPSA) is 67.2 Å². The lowest BCUT2D eigenvalue weighted by Crippen LogP contribution is -2.44. The van der Waals surface area contributed by atoms with Crippen molar-refractivity contribution in [3.8, 4) is 5.69 Å². The van der Waals surface area contributed by atoms with E-state index in [0.717, 1.165) is 30.7 Å². The molecule has 1 aromatic heterocycles. The molecule has 2 aliphatic rings. The summed E-state index contributed by atoms with van der Waals surface area (Å²) in [5, 5.41) is 4.10. The van der Waals surface area contributed by atoms with Crippen LogP contribution in [0.3, 0.4) is 0 Å². The summed E-state index contributed by atoms with van der Waals surface area (Å²) in [4.78, 5) is 33.9. The van der Waals surface area contributed by atoms with Crippen molar-refractivity contribution in [2.75, 3.05) is 13.1 Å². The quantitative estimate of drug-likeness (QED) is 0.319. The van der Waals surface area contributed by atoms with Crippen LogP contribution in [0, 0.1) is 0 Å².